The third kappa shape index (κ3) is 2.76. The summed E-state index contributed by atoms with van der Waals surface area (Å²) >= 11 is 3.49. The van der Waals surface area contributed by atoms with E-state index in [1.165, 1.54) is 14.3 Å². The van der Waals surface area contributed by atoms with Gasteiger partial charge < -0.3 is 5.32 Å². The van der Waals surface area contributed by atoms with E-state index in [-0.39, 0.29) is 11.9 Å². The summed E-state index contributed by atoms with van der Waals surface area (Å²) in [4.78, 5) is 1.18. The summed E-state index contributed by atoms with van der Waals surface area (Å²) in [6.07, 6.45) is 0. The van der Waals surface area contributed by atoms with Crippen LogP contribution in [0.3, 0.4) is 0 Å². The van der Waals surface area contributed by atoms with E-state index in [1.807, 2.05) is 13.8 Å². The molecule has 2 heterocycles. The quantitative estimate of drug-likeness (QED) is 0.677. The Kier molecular flexibility index (Phi) is 4.11. The summed E-state index contributed by atoms with van der Waals surface area (Å²) in [5, 5.41) is 5.54. The molecule has 0 fully saturated rings. The zero-order valence-electron chi connectivity index (χ0n) is 12.4. The molecular formula is C17H18FNS2. The van der Waals surface area contributed by atoms with Crippen molar-refractivity contribution in [1.82, 2.24) is 5.32 Å². The third-order valence-corrected chi connectivity index (χ3v) is 5.78. The van der Waals surface area contributed by atoms with Crippen molar-refractivity contribution in [3.8, 4) is 0 Å². The molecule has 3 aromatic rings. The van der Waals surface area contributed by atoms with Crippen molar-refractivity contribution in [1.29, 1.82) is 0 Å². The Morgan fingerprint density at radius 1 is 1.19 bits per heavy atom. The van der Waals surface area contributed by atoms with Crippen molar-refractivity contribution in [2.24, 2.45) is 0 Å². The van der Waals surface area contributed by atoms with E-state index in [9.17, 15) is 4.39 Å². The molecule has 4 heteroatoms. The van der Waals surface area contributed by atoms with Crippen LogP contribution in [-0.4, -0.2) is 6.54 Å². The fourth-order valence-corrected chi connectivity index (χ4v) is 4.97. The molecule has 3 rings (SSSR count). The van der Waals surface area contributed by atoms with Crippen LogP contribution in [0.25, 0.3) is 9.40 Å². The smallest absolute Gasteiger partial charge is 0.128 e. The lowest BCUT2D eigenvalue weighted by Crippen LogP contribution is -2.23. The Labute approximate surface area is 132 Å². The Bertz CT molecular complexity index is 721. The molecule has 1 nitrogen and oxygen atoms in total. The number of nitrogens with one attached hydrogen (secondary N) is 1. The van der Waals surface area contributed by atoms with Crippen LogP contribution in [0.4, 0.5) is 4.39 Å². The van der Waals surface area contributed by atoms with E-state index in [0.29, 0.717) is 0 Å². The molecule has 0 aliphatic carbocycles. The summed E-state index contributed by atoms with van der Waals surface area (Å²) in [6, 6.07) is 7.94. The lowest BCUT2D eigenvalue weighted by atomic mass is 9.97. The minimum Gasteiger partial charge on any atom is -0.306 e. The number of fused-ring (bicyclic) bond motifs is 1. The first-order chi connectivity index (χ1) is 10.1. The normalized spacial score (nSPS) is 13.0. The van der Waals surface area contributed by atoms with E-state index < -0.39 is 0 Å². The number of hydrogen-bond donors (Lipinski definition) is 1. The Balaban J connectivity index is 2.11. The van der Waals surface area contributed by atoms with Gasteiger partial charge in [0.25, 0.3) is 0 Å². The molecule has 0 aliphatic heterocycles. The highest BCUT2D eigenvalue weighted by Crippen LogP contribution is 2.37. The summed E-state index contributed by atoms with van der Waals surface area (Å²) in [5.74, 6) is -0.116. The molecule has 1 aromatic carbocycles. The standard InChI is InChI=1S/C17H18FNS2/c1-4-19-17(15-9-14-13(21-15)5-6-20-14)16-11(3)7-10(2)8-12(16)18/h5-9,17,19H,4H2,1-3H3. The average Bonchev–Trinajstić information content (AvgIpc) is 2.96. The molecule has 1 N–H and O–H groups in total. The van der Waals surface area contributed by atoms with Gasteiger partial charge >= 0.3 is 0 Å². The summed E-state index contributed by atoms with van der Waals surface area (Å²) in [5.41, 5.74) is 2.75. The molecule has 2 aromatic heterocycles. The topological polar surface area (TPSA) is 12.0 Å². The number of benzene rings is 1. The van der Waals surface area contributed by atoms with Gasteiger partial charge in [-0.2, -0.15) is 0 Å². The average molecular weight is 319 g/mol. The van der Waals surface area contributed by atoms with E-state index in [0.717, 1.165) is 23.2 Å². The SMILES string of the molecule is CCNC(c1cc2sccc2s1)c1c(C)cc(C)cc1F. The number of aryl methyl sites for hydroxylation is 2. The van der Waals surface area contributed by atoms with Crippen LogP contribution in [-0.2, 0) is 0 Å². The van der Waals surface area contributed by atoms with E-state index in [2.05, 4.69) is 35.8 Å². The first-order valence-electron chi connectivity index (χ1n) is 7.07. The molecule has 0 spiro atoms. The molecule has 1 unspecified atom stereocenters. The van der Waals surface area contributed by atoms with Gasteiger partial charge in [0.1, 0.15) is 5.82 Å². The van der Waals surface area contributed by atoms with Crippen molar-refractivity contribution in [2.75, 3.05) is 6.54 Å². The van der Waals surface area contributed by atoms with E-state index >= 15 is 0 Å². The summed E-state index contributed by atoms with van der Waals surface area (Å²) < 4.78 is 17.1. The minimum absolute atomic E-state index is 0.0693. The Hall–Kier alpha value is -1.23. The molecule has 0 saturated carbocycles. The first kappa shape index (κ1) is 14.7. The zero-order chi connectivity index (χ0) is 15.0. The zero-order valence-corrected chi connectivity index (χ0v) is 14.0. The molecule has 1 atom stereocenters. The van der Waals surface area contributed by atoms with E-state index in [4.69, 9.17) is 0 Å². The molecule has 21 heavy (non-hydrogen) atoms. The second-order valence-corrected chi connectivity index (χ2v) is 7.33. The monoisotopic (exact) mass is 319 g/mol. The van der Waals surface area contributed by atoms with Crippen molar-refractivity contribution in [2.45, 2.75) is 26.8 Å². The fourth-order valence-electron chi connectivity index (χ4n) is 2.77. The van der Waals surface area contributed by atoms with Crippen LogP contribution in [0.15, 0.2) is 29.6 Å². The highest BCUT2D eigenvalue weighted by atomic mass is 32.1. The molecule has 0 aliphatic rings. The second kappa shape index (κ2) is 5.87. The summed E-state index contributed by atoms with van der Waals surface area (Å²) in [7, 11) is 0. The van der Waals surface area contributed by atoms with Gasteiger partial charge in [-0.3, -0.25) is 0 Å². The third-order valence-electron chi connectivity index (χ3n) is 3.62. The molecule has 110 valence electrons. The molecular weight excluding hydrogens is 301 g/mol. The van der Waals surface area contributed by atoms with Gasteiger partial charge in [-0.05, 0) is 55.1 Å². The van der Waals surface area contributed by atoms with Gasteiger partial charge in [-0.1, -0.05) is 13.0 Å². The summed E-state index contributed by atoms with van der Waals surface area (Å²) in [6.45, 7) is 6.79. The van der Waals surface area contributed by atoms with Crippen LogP contribution in [0.5, 0.6) is 0 Å². The van der Waals surface area contributed by atoms with Crippen molar-refractivity contribution >= 4 is 32.1 Å². The molecule has 0 radical (unpaired) electrons. The second-order valence-electron chi connectivity index (χ2n) is 5.27. The molecule has 0 amide bonds. The lowest BCUT2D eigenvalue weighted by Gasteiger charge is -2.20. The van der Waals surface area contributed by atoms with Gasteiger partial charge in [0.15, 0.2) is 0 Å². The van der Waals surface area contributed by atoms with Crippen molar-refractivity contribution in [3.05, 3.63) is 57.0 Å². The predicted octanol–water partition coefficient (Wildman–Crippen LogP) is 5.42. The highest BCUT2D eigenvalue weighted by Gasteiger charge is 2.22. The molecule has 0 bridgehead atoms. The largest absolute Gasteiger partial charge is 0.306 e. The highest BCUT2D eigenvalue weighted by molar-refractivity contribution is 7.27. The van der Waals surface area contributed by atoms with Crippen LogP contribution >= 0.6 is 22.7 Å². The van der Waals surface area contributed by atoms with Crippen LogP contribution in [0.2, 0.25) is 0 Å². The first-order valence-corrected chi connectivity index (χ1v) is 8.76. The van der Waals surface area contributed by atoms with Gasteiger partial charge in [0.2, 0.25) is 0 Å². The van der Waals surface area contributed by atoms with Crippen LogP contribution in [0, 0.1) is 19.7 Å². The van der Waals surface area contributed by atoms with Gasteiger partial charge in [-0.15, -0.1) is 22.7 Å². The maximum Gasteiger partial charge on any atom is 0.128 e. The van der Waals surface area contributed by atoms with Gasteiger partial charge in [0, 0.05) is 19.8 Å². The molecule has 0 saturated heterocycles. The van der Waals surface area contributed by atoms with Gasteiger partial charge in [0.05, 0.1) is 6.04 Å². The number of halogens is 1. The maximum absolute atomic E-state index is 14.5. The van der Waals surface area contributed by atoms with Crippen LogP contribution < -0.4 is 5.32 Å². The Morgan fingerprint density at radius 2 is 2.00 bits per heavy atom. The number of hydrogen-bond acceptors (Lipinski definition) is 3. The van der Waals surface area contributed by atoms with Crippen molar-refractivity contribution in [3.63, 3.8) is 0 Å². The van der Waals surface area contributed by atoms with Gasteiger partial charge in [-0.25, -0.2) is 4.39 Å². The van der Waals surface area contributed by atoms with E-state index in [1.54, 1.807) is 28.7 Å². The lowest BCUT2D eigenvalue weighted by molar-refractivity contribution is 0.559. The minimum atomic E-state index is -0.116. The number of rotatable bonds is 4. The fraction of sp³-hybridized carbons (Fsp3) is 0.294. The predicted molar refractivity (Wildman–Crippen MR) is 91.1 cm³/mol. The Morgan fingerprint density at radius 3 is 2.67 bits per heavy atom. The van der Waals surface area contributed by atoms with Crippen LogP contribution in [0.1, 0.15) is 34.5 Å². The maximum atomic E-state index is 14.5. The van der Waals surface area contributed by atoms with Crippen molar-refractivity contribution < 1.29 is 4.39 Å². The number of thiophene rings is 2.